The molecular weight excluding hydrogens is 292 g/mol. The SMILES string of the molecule is O=C(Cc1csc(-c2ccoc2)n1)NC1(C(=O)O)CCC1. The first-order valence-electron chi connectivity index (χ1n) is 6.60. The molecule has 2 aromatic rings. The van der Waals surface area contributed by atoms with Gasteiger partial charge >= 0.3 is 5.97 Å². The number of hydrogen-bond acceptors (Lipinski definition) is 5. The summed E-state index contributed by atoms with van der Waals surface area (Å²) in [6, 6.07) is 1.80. The fraction of sp³-hybridized carbons (Fsp3) is 0.357. The molecule has 21 heavy (non-hydrogen) atoms. The van der Waals surface area contributed by atoms with Crippen LogP contribution in [0.3, 0.4) is 0 Å². The highest BCUT2D eigenvalue weighted by atomic mass is 32.1. The molecule has 0 aliphatic heterocycles. The Morgan fingerprint density at radius 3 is 2.86 bits per heavy atom. The smallest absolute Gasteiger partial charge is 0.329 e. The second-order valence-corrected chi connectivity index (χ2v) is 5.98. The van der Waals surface area contributed by atoms with Crippen molar-refractivity contribution < 1.29 is 19.1 Å². The molecule has 2 aromatic heterocycles. The molecule has 0 atom stereocenters. The molecule has 1 aliphatic carbocycles. The minimum absolute atomic E-state index is 0.0867. The number of nitrogens with one attached hydrogen (secondary N) is 1. The maximum atomic E-state index is 12.0. The largest absolute Gasteiger partial charge is 0.480 e. The normalized spacial score (nSPS) is 16.2. The lowest BCUT2D eigenvalue weighted by Crippen LogP contribution is -2.59. The fourth-order valence-electron chi connectivity index (χ4n) is 2.31. The first-order valence-corrected chi connectivity index (χ1v) is 7.48. The average Bonchev–Trinajstić information content (AvgIpc) is 3.03. The molecule has 1 amide bonds. The fourth-order valence-corrected chi connectivity index (χ4v) is 3.11. The zero-order valence-electron chi connectivity index (χ0n) is 11.2. The van der Waals surface area contributed by atoms with Crippen LogP contribution < -0.4 is 5.32 Å². The predicted molar refractivity (Wildman–Crippen MR) is 75.9 cm³/mol. The zero-order valence-corrected chi connectivity index (χ0v) is 12.0. The molecule has 3 rings (SSSR count). The molecule has 0 radical (unpaired) electrons. The van der Waals surface area contributed by atoms with Crippen LogP contribution >= 0.6 is 11.3 Å². The van der Waals surface area contributed by atoms with E-state index in [2.05, 4.69) is 10.3 Å². The van der Waals surface area contributed by atoms with E-state index in [1.165, 1.54) is 11.3 Å². The minimum atomic E-state index is -1.07. The molecule has 6 nitrogen and oxygen atoms in total. The maximum absolute atomic E-state index is 12.0. The summed E-state index contributed by atoms with van der Waals surface area (Å²) in [5.74, 6) is -1.26. The summed E-state index contributed by atoms with van der Waals surface area (Å²) in [7, 11) is 0. The van der Waals surface area contributed by atoms with E-state index in [0.717, 1.165) is 17.0 Å². The third-order valence-corrected chi connectivity index (χ3v) is 4.60. The van der Waals surface area contributed by atoms with Gasteiger partial charge in [0.05, 0.1) is 18.4 Å². The van der Waals surface area contributed by atoms with Crippen molar-refractivity contribution >= 4 is 23.2 Å². The van der Waals surface area contributed by atoms with Crippen LogP contribution in [0.25, 0.3) is 10.6 Å². The Balaban J connectivity index is 1.64. The number of carboxylic acids is 1. The van der Waals surface area contributed by atoms with Crippen molar-refractivity contribution in [2.45, 2.75) is 31.2 Å². The van der Waals surface area contributed by atoms with Gasteiger partial charge in [-0.3, -0.25) is 4.79 Å². The van der Waals surface area contributed by atoms with E-state index in [1.807, 2.05) is 0 Å². The lowest BCUT2D eigenvalue weighted by Gasteiger charge is -2.38. The van der Waals surface area contributed by atoms with Crippen LogP contribution in [0.2, 0.25) is 0 Å². The Bertz CT molecular complexity index is 658. The summed E-state index contributed by atoms with van der Waals surface area (Å²) in [6.45, 7) is 0. The van der Waals surface area contributed by atoms with Crippen LogP contribution in [0.5, 0.6) is 0 Å². The Kier molecular flexibility index (Phi) is 3.50. The molecule has 1 fully saturated rings. The number of nitrogens with zero attached hydrogens (tertiary/aromatic N) is 1. The van der Waals surface area contributed by atoms with Crippen molar-refractivity contribution in [1.29, 1.82) is 0 Å². The van der Waals surface area contributed by atoms with E-state index >= 15 is 0 Å². The van der Waals surface area contributed by atoms with E-state index in [4.69, 9.17) is 4.42 Å². The van der Waals surface area contributed by atoms with E-state index in [1.54, 1.807) is 24.0 Å². The third kappa shape index (κ3) is 2.69. The predicted octanol–water partition coefficient (Wildman–Crippen LogP) is 2.07. The Morgan fingerprint density at radius 1 is 1.48 bits per heavy atom. The topological polar surface area (TPSA) is 92.4 Å². The van der Waals surface area contributed by atoms with Gasteiger partial charge in [0.25, 0.3) is 0 Å². The Morgan fingerprint density at radius 2 is 2.29 bits per heavy atom. The highest BCUT2D eigenvalue weighted by molar-refractivity contribution is 7.13. The van der Waals surface area contributed by atoms with Crippen molar-refractivity contribution in [3.8, 4) is 10.6 Å². The molecular formula is C14H14N2O4S. The van der Waals surface area contributed by atoms with Gasteiger partial charge in [0.15, 0.2) is 0 Å². The molecule has 0 aromatic carbocycles. The van der Waals surface area contributed by atoms with Gasteiger partial charge < -0.3 is 14.8 Å². The third-order valence-electron chi connectivity index (χ3n) is 3.66. The number of carboxylic acid groups (broad SMARTS) is 1. The lowest BCUT2D eigenvalue weighted by molar-refractivity contribution is -0.151. The number of hydrogen-bond donors (Lipinski definition) is 2. The standard InChI is InChI=1S/C14H14N2O4S/c17-11(16-14(13(18)19)3-1-4-14)6-10-8-21-12(15-10)9-2-5-20-7-9/h2,5,7-8H,1,3-4,6H2,(H,16,17)(H,18,19). The molecule has 0 spiro atoms. The first-order chi connectivity index (χ1) is 10.1. The number of furan rings is 1. The molecule has 2 heterocycles. The average molecular weight is 306 g/mol. The van der Waals surface area contributed by atoms with Crippen molar-refractivity contribution in [2.75, 3.05) is 0 Å². The van der Waals surface area contributed by atoms with Crippen LogP contribution in [0.1, 0.15) is 25.0 Å². The number of amides is 1. The highest BCUT2D eigenvalue weighted by Gasteiger charge is 2.45. The summed E-state index contributed by atoms with van der Waals surface area (Å²) in [5.41, 5.74) is 0.432. The summed E-state index contributed by atoms with van der Waals surface area (Å²) in [5, 5.41) is 14.4. The van der Waals surface area contributed by atoms with Crippen LogP contribution in [-0.4, -0.2) is 27.5 Å². The molecule has 0 saturated heterocycles. The first kappa shape index (κ1) is 13.8. The van der Waals surface area contributed by atoms with Crippen LogP contribution in [0.15, 0.2) is 28.4 Å². The van der Waals surface area contributed by atoms with Gasteiger partial charge in [-0.1, -0.05) is 0 Å². The van der Waals surface area contributed by atoms with Crippen molar-refractivity contribution in [3.63, 3.8) is 0 Å². The van der Waals surface area contributed by atoms with Gasteiger partial charge in [0.2, 0.25) is 5.91 Å². The quantitative estimate of drug-likeness (QED) is 0.882. The molecule has 0 unspecified atom stereocenters. The van der Waals surface area contributed by atoms with E-state index in [-0.39, 0.29) is 12.3 Å². The molecule has 110 valence electrons. The van der Waals surface area contributed by atoms with Gasteiger partial charge in [0.1, 0.15) is 16.8 Å². The number of aliphatic carboxylic acids is 1. The molecule has 1 aliphatic rings. The van der Waals surface area contributed by atoms with Gasteiger partial charge in [0, 0.05) is 10.9 Å². The number of carbonyl (C=O) groups excluding carboxylic acids is 1. The second-order valence-electron chi connectivity index (χ2n) is 5.12. The molecule has 2 N–H and O–H groups in total. The van der Waals surface area contributed by atoms with Gasteiger partial charge in [-0.2, -0.15) is 0 Å². The highest BCUT2D eigenvalue weighted by Crippen LogP contribution is 2.32. The Labute approximate surface area is 124 Å². The van der Waals surface area contributed by atoms with E-state index in [9.17, 15) is 14.7 Å². The molecule has 7 heteroatoms. The van der Waals surface area contributed by atoms with Crippen molar-refractivity contribution in [2.24, 2.45) is 0 Å². The lowest BCUT2D eigenvalue weighted by atomic mass is 9.76. The van der Waals surface area contributed by atoms with Gasteiger partial charge in [-0.25, -0.2) is 9.78 Å². The second kappa shape index (κ2) is 5.33. The zero-order chi connectivity index (χ0) is 14.9. The molecule has 0 bridgehead atoms. The summed E-state index contributed by atoms with van der Waals surface area (Å²) in [6.07, 6.45) is 5.06. The minimum Gasteiger partial charge on any atom is -0.480 e. The van der Waals surface area contributed by atoms with Crippen LogP contribution in [0, 0.1) is 0 Å². The van der Waals surface area contributed by atoms with Crippen molar-refractivity contribution in [3.05, 3.63) is 29.7 Å². The van der Waals surface area contributed by atoms with E-state index < -0.39 is 11.5 Å². The summed E-state index contributed by atoms with van der Waals surface area (Å²) < 4.78 is 5.00. The summed E-state index contributed by atoms with van der Waals surface area (Å²) >= 11 is 1.43. The van der Waals surface area contributed by atoms with Gasteiger partial charge in [-0.15, -0.1) is 11.3 Å². The van der Waals surface area contributed by atoms with Gasteiger partial charge in [-0.05, 0) is 25.3 Å². The van der Waals surface area contributed by atoms with Crippen molar-refractivity contribution in [1.82, 2.24) is 10.3 Å². The number of thiazole rings is 1. The van der Waals surface area contributed by atoms with Crippen LogP contribution in [-0.2, 0) is 16.0 Å². The monoisotopic (exact) mass is 306 g/mol. The number of aromatic nitrogens is 1. The maximum Gasteiger partial charge on any atom is 0.329 e. The summed E-state index contributed by atoms with van der Waals surface area (Å²) in [4.78, 5) is 27.6. The molecule has 1 saturated carbocycles. The van der Waals surface area contributed by atoms with E-state index in [0.29, 0.717) is 18.5 Å². The van der Waals surface area contributed by atoms with Crippen LogP contribution in [0.4, 0.5) is 0 Å². The number of carbonyl (C=O) groups is 2. The number of rotatable bonds is 5. The Hall–Kier alpha value is -2.15.